The summed E-state index contributed by atoms with van der Waals surface area (Å²) in [5.74, 6) is -0.195. The highest BCUT2D eigenvalue weighted by atomic mass is 35.5. The summed E-state index contributed by atoms with van der Waals surface area (Å²) in [6, 6.07) is 1.44. The Balaban J connectivity index is 2.10. The van der Waals surface area contributed by atoms with Gasteiger partial charge in [-0.2, -0.15) is 0 Å². The van der Waals surface area contributed by atoms with E-state index < -0.39 is 4.92 Å². The van der Waals surface area contributed by atoms with E-state index >= 15 is 0 Å². The van der Waals surface area contributed by atoms with E-state index in [4.69, 9.17) is 11.6 Å². The molecule has 20 heavy (non-hydrogen) atoms. The van der Waals surface area contributed by atoms with Crippen LogP contribution in [0.3, 0.4) is 0 Å². The zero-order valence-corrected chi connectivity index (χ0v) is 12.9. The summed E-state index contributed by atoms with van der Waals surface area (Å²) < 4.78 is 0.0510. The van der Waals surface area contributed by atoms with E-state index in [9.17, 15) is 14.9 Å². The summed E-state index contributed by atoms with van der Waals surface area (Å²) in [4.78, 5) is 26.8. The van der Waals surface area contributed by atoms with Gasteiger partial charge in [0.2, 0.25) is 0 Å². The van der Waals surface area contributed by atoms with Crippen molar-refractivity contribution in [1.29, 1.82) is 0 Å². The minimum Gasteiger partial charge on any atom is -0.338 e. The summed E-state index contributed by atoms with van der Waals surface area (Å²) in [7, 11) is 3.80. The molecule has 0 unspecified atom stereocenters. The third kappa shape index (κ3) is 3.11. The van der Waals surface area contributed by atoms with Crippen molar-refractivity contribution in [3.05, 3.63) is 25.4 Å². The molecule has 6 nitrogen and oxygen atoms in total. The van der Waals surface area contributed by atoms with E-state index in [1.807, 2.05) is 0 Å². The number of likely N-dealkylation sites (tertiary alicyclic amines) is 1. The topological polar surface area (TPSA) is 66.7 Å². The van der Waals surface area contributed by atoms with Gasteiger partial charge in [-0.05, 0) is 33.0 Å². The number of halogens is 1. The van der Waals surface area contributed by atoms with Crippen LogP contribution >= 0.6 is 22.9 Å². The second-order valence-electron chi connectivity index (χ2n) is 4.98. The van der Waals surface area contributed by atoms with Crippen LogP contribution in [0, 0.1) is 10.1 Å². The number of nitro groups is 1. The van der Waals surface area contributed by atoms with Crippen molar-refractivity contribution in [2.45, 2.75) is 18.9 Å². The predicted octanol–water partition coefficient (Wildman–Crippen LogP) is 2.48. The Morgan fingerprint density at radius 1 is 1.55 bits per heavy atom. The predicted molar refractivity (Wildman–Crippen MR) is 78.6 cm³/mol. The van der Waals surface area contributed by atoms with Crippen LogP contribution in [-0.2, 0) is 0 Å². The smallest absolute Gasteiger partial charge is 0.299 e. The fraction of sp³-hybridized carbons (Fsp3) is 0.583. The van der Waals surface area contributed by atoms with E-state index in [0.717, 1.165) is 37.3 Å². The first kappa shape index (κ1) is 15.2. The minimum absolute atomic E-state index is 0.0510. The Bertz CT molecular complexity index is 526. The first-order chi connectivity index (χ1) is 9.40. The monoisotopic (exact) mass is 317 g/mol. The Hall–Kier alpha value is -1.18. The van der Waals surface area contributed by atoms with Crippen LogP contribution in [-0.4, -0.2) is 53.9 Å². The summed E-state index contributed by atoms with van der Waals surface area (Å²) in [5, 5.41) is 10.8. The molecule has 2 heterocycles. The van der Waals surface area contributed by atoms with Crippen LogP contribution in [0.4, 0.5) is 5.69 Å². The molecule has 1 saturated heterocycles. The second kappa shape index (κ2) is 6.07. The third-order valence-electron chi connectivity index (χ3n) is 3.63. The Morgan fingerprint density at radius 3 is 2.65 bits per heavy atom. The summed E-state index contributed by atoms with van der Waals surface area (Å²) in [5.41, 5.74) is -0.197. The largest absolute Gasteiger partial charge is 0.338 e. The van der Waals surface area contributed by atoms with Gasteiger partial charge in [-0.15, -0.1) is 11.3 Å². The van der Waals surface area contributed by atoms with Crippen LogP contribution in [0.2, 0.25) is 4.34 Å². The first-order valence-electron chi connectivity index (χ1n) is 6.29. The third-order valence-corrected chi connectivity index (χ3v) is 4.96. The van der Waals surface area contributed by atoms with Crippen molar-refractivity contribution in [2.24, 2.45) is 0 Å². The average molecular weight is 318 g/mol. The number of hydrogen-bond acceptors (Lipinski definition) is 5. The Labute approximate surface area is 126 Å². The van der Waals surface area contributed by atoms with Gasteiger partial charge in [0, 0.05) is 19.2 Å². The van der Waals surface area contributed by atoms with Crippen molar-refractivity contribution in [3.63, 3.8) is 0 Å². The SMILES string of the molecule is CN1CCC(N(C)C(=O)c2cc([N+](=O)[O-])c(Cl)s2)CC1. The molecule has 1 amide bonds. The molecule has 0 spiro atoms. The zero-order chi connectivity index (χ0) is 14.9. The van der Waals surface area contributed by atoms with Crippen LogP contribution < -0.4 is 0 Å². The van der Waals surface area contributed by atoms with E-state index in [2.05, 4.69) is 11.9 Å². The molecular formula is C12H16ClN3O3S. The fourth-order valence-corrected chi connectivity index (χ4v) is 3.52. The molecule has 1 aliphatic heterocycles. The maximum absolute atomic E-state index is 12.4. The lowest BCUT2D eigenvalue weighted by Crippen LogP contribution is -2.44. The van der Waals surface area contributed by atoms with Gasteiger partial charge in [0.1, 0.15) is 4.88 Å². The van der Waals surface area contributed by atoms with Gasteiger partial charge in [-0.1, -0.05) is 11.6 Å². The van der Waals surface area contributed by atoms with Gasteiger partial charge < -0.3 is 9.80 Å². The highest BCUT2D eigenvalue weighted by molar-refractivity contribution is 7.18. The molecule has 0 saturated carbocycles. The molecule has 110 valence electrons. The van der Waals surface area contributed by atoms with Gasteiger partial charge in [-0.25, -0.2) is 0 Å². The molecule has 1 aromatic rings. The molecule has 0 radical (unpaired) electrons. The molecule has 2 rings (SSSR count). The Kier molecular flexibility index (Phi) is 4.62. The van der Waals surface area contributed by atoms with E-state index in [1.165, 1.54) is 6.07 Å². The molecule has 0 aromatic carbocycles. The normalized spacial score (nSPS) is 17.1. The van der Waals surface area contributed by atoms with E-state index in [0.29, 0.717) is 4.88 Å². The first-order valence-corrected chi connectivity index (χ1v) is 7.49. The quantitative estimate of drug-likeness (QED) is 0.634. The standard InChI is InChI=1S/C12H16ClN3O3S/c1-14-5-3-8(4-6-14)15(2)12(17)10-7-9(16(18)19)11(13)20-10/h7-8H,3-6H2,1-2H3. The molecule has 1 aromatic heterocycles. The molecule has 0 N–H and O–H groups in total. The second-order valence-corrected chi connectivity index (χ2v) is 6.63. The van der Waals surface area contributed by atoms with Gasteiger partial charge >= 0.3 is 0 Å². The molecule has 1 fully saturated rings. The number of carbonyl (C=O) groups excluding carboxylic acids is 1. The summed E-state index contributed by atoms with van der Waals surface area (Å²) in [6.07, 6.45) is 1.83. The molecule has 0 aliphatic carbocycles. The maximum Gasteiger partial charge on any atom is 0.299 e. The highest BCUT2D eigenvalue weighted by Crippen LogP contribution is 2.34. The van der Waals surface area contributed by atoms with Gasteiger partial charge in [-0.3, -0.25) is 14.9 Å². The van der Waals surface area contributed by atoms with Crippen molar-refractivity contribution in [3.8, 4) is 0 Å². The van der Waals surface area contributed by atoms with Crippen molar-refractivity contribution < 1.29 is 9.72 Å². The molecule has 1 aliphatic rings. The van der Waals surface area contributed by atoms with Crippen LogP contribution in [0.25, 0.3) is 0 Å². The van der Waals surface area contributed by atoms with Crippen LogP contribution in [0.1, 0.15) is 22.5 Å². The van der Waals surface area contributed by atoms with Gasteiger partial charge in [0.25, 0.3) is 11.6 Å². The number of nitrogens with zero attached hydrogens (tertiary/aromatic N) is 3. The number of hydrogen-bond donors (Lipinski definition) is 0. The minimum atomic E-state index is -0.564. The number of piperidine rings is 1. The molecule has 0 atom stereocenters. The maximum atomic E-state index is 12.4. The fourth-order valence-electron chi connectivity index (χ4n) is 2.31. The lowest BCUT2D eigenvalue weighted by molar-refractivity contribution is -0.384. The zero-order valence-electron chi connectivity index (χ0n) is 11.3. The van der Waals surface area contributed by atoms with Crippen molar-refractivity contribution in [1.82, 2.24) is 9.80 Å². The molecular weight excluding hydrogens is 302 g/mol. The van der Waals surface area contributed by atoms with E-state index in [1.54, 1.807) is 11.9 Å². The van der Waals surface area contributed by atoms with E-state index in [-0.39, 0.29) is 22.0 Å². The number of carbonyl (C=O) groups is 1. The highest BCUT2D eigenvalue weighted by Gasteiger charge is 2.28. The van der Waals surface area contributed by atoms with Crippen LogP contribution in [0.15, 0.2) is 6.07 Å². The summed E-state index contributed by atoms with van der Waals surface area (Å²) in [6.45, 7) is 1.90. The average Bonchev–Trinajstić information content (AvgIpc) is 2.80. The number of thiophene rings is 1. The Morgan fingerprint density at radius 2 is 2.15 bits per heavy atom. The lowest BCUT2D eigenvalue weighted by atomic mass is 10.0. The van der Waals surface area contributed by atoms with Crippen LogP contribution in [0.5, 0.6) is 0 Å². The summed E-state index contributed by atoms with van der Waals surface area (Å²) >= 11 is 6.76. The van der Waals surface area contributed by atoms with Gasteiger partial charge in [0.15, 0.2) is 4.34 Å². The molecule has 0 bridgehead atoms. The number of rotatable bonds is 3. The van der Waals surface area contributed by atoms with Crippen molar-refractivity contribution in [2.75, 3.05) is 27.2 Å². The lowest BCUT2D eigenvalue weighted by Gasteiger charge is -2.34. The van der Waals surface area contributed by atoms with Crippen molar-refractivity contribution >= 4 is 34.5 Å². The molecule has 8 heteroatoms. The number of amides is 1. The van der Waals surface area contributed by atoms with Gasteiger partial charge in [0.05, 0.1) is 4.92 Å².